The van der Waals surface area contributed by atoms with Gasteiger partial charge in [0.25, 0.3) is 0 Å². The van der Waals surface area contributed by atoms with E-state index in [0.717, 1.165) is 50.3 Å². The third-order valence-corrected chi connectivity index (χ3v) is 6.26. The van der Waals surface area contributed by atoms with Crippen molar-refractivity contribution in [1.82, 2.24) is 24.8 Å². The maximum absolute atomic E-state index is 13.1. The summed E-state index contributed by atoms with van der Waals surface area (Å²) in [6, 6.07) is 23.3. The molecule has 3 heterocycles. The van der Waals surface area contributed by atoms with Crippen molar-refractivity contribution in [2.24, 2.45) is 0 Å². The van der Waals surface area contributed by atoms with Crippen LogP contribution in [0.2, 0.25) is 0 Å². The zero-order valence-electron chi connectivity index (χ0n) is 19.8. The van der Waals surface area contributed by atoms with Gasteiger partial charge in [0.1, 0.15) is 0 Å². The van der Waals surface area contributed by atoms with Crippen LogP contribution in [0.15, 0.2) is 85.2 Å². The number of benzene rings is 3. The molecule has 0 aliphatic rings. The van der Waals surface area contributed by atoms with E-state index in [1.807, 2.05) is 77.7 Å². The highest BCUT2D eigenvalue weighted by molar-refractivity contribution is 6.21. The average molecular weight is 473 g/mol. The van der Waals surface area contributed by atoms with E-state index in [4.69, 9.17) is 9.97 Å². The van der Waals surface area contributed by atoms with Gasteiger partial charge in [-0.15, -0.1) is 0 Å². The zero-order valence-corrected chi connectivity index (χ0v) is 19.8. The highest BCUT2D eigenvalue weighted by Gasteiger charge is 2.16. The first kappa shape index (κ1) is 21.9. The minimum atomic E-state index is -0.138. The monoisotopic (exact) mass is 472 g/mol. The lowest BCUT2D eigenvalue weighted by molar-refractivity contribution is 0.209. The number of carbonyl (C=O) groups excluding carboxylic acids is 1. The molecular weight excluding hydrogens is 448 g/mol. The molecule has 0 aliphatic carbocycles. The van der Waals surface area contributed by atoms with Gasteiger partial charge in [-0.1, -0.05) is 37.3 Å². The smallest absolute Gasteiger partial charge is 0.320 e. The standard InChI is InChI=1S/C29H24N6O/c1-2-16-35(18-19-8-4-3-5-9-19)29(36)32-20-12-13-23-24(17-20)34-28-22-11-7-15-31-26(22)25-21(27(28)33-23)10-6-14-30-25/h3-15,17H,2,16,18H2,1H3,(H,32,36). The summed E-state index contributed by atoms with van der Waals surface area (Å²) in [7, 11) is 0. The van der Waals surface area contributed by atoms with E-state index < -0.39 is 0 Å². The lowest BCUT2D eigenvalue weighted by Gasteiger charge is -2.23. The summed E-state index contributed by atoms with van der Waals surface area (Å²) in [5.41, 5.74) is 6.41. The number of hydrogen-bond acceptors (Lipinski definition) is 5. The van der Waals surface area contributed by atoms with Gasteiger partial charge in [-0.2, -0.15) is 0 Å². The molecule has 6 rings (SSSR count). The summed E-state index contributed by atoms with van der Waals surface area (Å²) >= 11 is 0. The number of amides is 2. The molecular formula is C29H24N6O. The molecule has 36 heavy (non-hydrogen) atoms. The van der Waals surface area contributed by atoms with E-state index in [1.165, 1.54) is 0 Å². The first-order chi connectivity index (χ1) is 17.7. The predicted octanol–water partition coefficient (Wildman–Crippen LogP) is 6.32. The number of nitrogens with one attached hydrogen (secondary N) is 1. The van der Waals surface area contributed by atoms with Crippen molar-refractivity contribution >= 4 is 55.6 Å². The lowest BCUT2D eigenvalue weighted by atomic mass is 10.1. The second-order valence-corrected chi connectivity index (χ2v) is 8.76. The molecule has 0 bridgehead atoms. The third kappa shape index (κ3) is 3.94. The normalized spacial score (nSPS) is 11.4. The lowest BCUT2D eigenvalue weighted by Crippen LogP contribution is -2.35. The summed E-state index contributed by atoms with van der Waals surface area (Å²) in [4.78, 5) is 34.0. The third-order valence-electron chi connectivity index (χ3n) is 6.26. The van der Waals surface area contributed by atoms with Crippen LogP contribution in [0.4, 0.5) is 10.5 Å². The van der Waals surface area contributed by atoms with Crippen molar-refractivity contribution in [2.75, 3.05) is 11.9 Å². The summed E-state index contributed by atoms with van der Waals surface area (Å²) in [6.45, 7) is 3.29. The topological polar surface area (TPSA) is 83.9 Å². The van der Waals surface area contributed by atoms with Crippen molar-refractivity contribution in [3.05, 3.63) is 90.8 Å². The number of aromatic nitrogens is 4. The second-order valence-electron chi connectivity index (χ2n) is 8.76. The average Bonchev–Trinajstić information content (AvgIpc) is 2.92. The van der Waals surface area contributed by atoms with Crippen LogP contribution in [0.3, 0.4) is 0 Å². The molecule has 0 saturated carbocycles. The molecule has 0 spiro atoms. The number of urea groups is 1. The number of fused-ring (bicyclic) bond motifs is 7. The van der Waals surface area contributed by atoms with Gasteiger partial charge >= 0.3 is 6.03 Å². The predicted molar refractivity (Wildman–Crippen MR) is 144 cm³/mol. The molecule has 0 saturated heterocycles. The number of anilines is 1. The largest absolute Gasteiger partial charge is 0.322 e. The molecule has 2 amide bonds. The highest BCUT2D eigenvalue weighted by atomic mass is 16.2. The van der Waals surface area contributed by atoms with Crippen LogP contribution >= 0.6 is 0 Å². The van der Waals surface area contributed by atoms with Gasteiger partial charge in [0.05, 0.1) is 33.1 Å². The fourth-order valence-electron chi connectivity index (χ4n) is 4.61. The van der Waals surface area contributed by atoms with Crippen LogP contribution in [-0.4, -0.2) is 37.4 Å². The van der Waals surface area contributed by atoms with E-state index in [-0.39, 0.29) is 6.03 Å². The fourth-order valence-corrected chi connectivity index (χ4v) is 4.61. The van der Waals surface area contributed by atoms with Crippen molar-refractivity contribution in [2.45, 2.75) is 19.9 Å². The molecule has 0 aliphatic heterocycles. The summed E-state index contributed by atoms with van der Waals surface area (Å²) in [6.07, 6.45) is 4.41. The Kier molecular flexibility index (Phi) is 5.58. The van der Waals surface area contributed by atoms with Crippen LogP contribution in [0.25, 0.3) is 43.9 Å². The van der Waals surface area contributed by atoms with E-state index >= 15 is 0 Å². The van der Waals surface area contributed by atoms with Gasteiger partial charge in [0.15, 0.2) is 0 Å². The number of nitrogens with zero attached hydrogens (tertiary/aromatic N) is 5. The summed E-state index contributed by atoms with van der Waals surface area (Å²) in [5, 5.41) is 4.87. The van der Waals surface area contributed by atoms with Crippen LogP contribution in [0.5, 0.6) is 0 Å². The second kappa shape index (κ2) is 9.19. The zero-order chi connectivity index (χ0) is 24.5. The first-order valence-corrected chi connectivity index (χ1v) is 12.0. The number of pyridine rings is 2. The van der Waals surface area contributed by atoms with Gasteiger partial charge in [0, 0.05) is 41.9 Å². The molecule has 7 heteroatoms. The Bertz CT molecular complexity index is 1730. The van der Waals surface area contributed by atoms with Crippen molar-refractivity contribution < 1.29 is 4.79 Å². The Labute approximate surface area is 207 Å². The van der Waals surface area contributed by atoms with Gasteiger partial charge < -0.3 is 10.2 Å². The minimum absolute atomic E-state index is 0.138. The van der Waals surface area contributed by atoms with Gasteiger partial charge in [0.2, 0.25) is 0 Å². The van der Waals surface area contributed by atoms with E-state index in [1.54, 1.807) is 12.4 Å². The number of rotatable bonds is 5. The molecule has 176 valence electrons. The SMILES string of the molecule is CCCN(Cc1ccccc1)C(=O)Nc1ccc2nc3c4cccnc4c4ncccc4c3nc2c1. The number of carbonyl (C=O) groups is 1. The molecule has 0 atom stereocenters. The Morgan fingerprint density at radius 2 is 1.44 bits per heavy atom. The van der Waals surface area contributed by atoms with Crippen LogP contribution in [-0.2, 0) is 6.54 Å². The molecule has 1 N–H and O–H groups in total. The Morgan fingerprint density at radius 3 is 2.11 bits per heavy atom. The molecule has 0 unspecified atom stereocenters. The van der Waals surface area contributed by atoms with Gasteiger partial charge in [-0.25, -0.2) is 14.8 Å². The Hall–Kier alpha value is -4.65. The molecule has 3 aromatic heterocycles. The molecule has 0 radical (unpaired) electrons. The summed E-state index contributed by atoms with van der Waals surface area (Å²) in [5.74, 6) is 0. The fraction of sp³-hybridized carbons (Fsp3) is 0.138. The van der Waals surface area contributed by atoms with Crippen LogP contribution < -0.4 is 5.32 Å². The molecule has 7 nitrogen and oxygen atoms in total. The molecule has 0 fully saturated rings. The quantitative estimate of drug-likeness (QED) is 0.234. The Morgan fingerprint density at radius 1 is 0.778 bits per heavy atom. The van der Waals surface area contributed by atoms with Crippen LogP contribution in [0.1, 0.15) is 18.9 Å². The summed E-state index contributed by atoms with van der Waals surface area (Å²) < 4.78 is 0. The van der Waals surface area contributed by atoms with Crippen molar-refractivity contribution in [1.29, 1.82) is 0 Å². The van der Waals surface area contributed by atoms with Crippen molar-refractivity contribution in [3.8, 4) is 0 Å². The highest BCUT2D eigenvalue weighted by Crippen LogP contribution is 2.32. The number of hydrogen-bond donors (Lipinski definition) is 1. The van der Waals surface area contributed by atoms with Gasteiger partial charge in [-0.05, 0) is 54.4 Å². The van der Waals surface area contributed by atoms with Crippen LogP contribution in [0, 0.1) is 0 Å². The minimum Gasteiger partial charge on any atom is -0.320 e. The maximum Gasteiger partial charge on any atom is 0.322 e. The van der Waals surface area contributed by atoms with E-state index in [2.05, 4.69) is 22.2 Å². The molecule has 6 aromatic rings. The molecule has 3 aromatic carbocycles. The van der Waals surface area contributed by atoms with E-state index in [9.17, 15) is 4.79 Å². The Balaban J connectivity index is 1.40. The van der Waals surface area contributed by atoms with Crippen molar-refractivity contribution in [3.63, 3.8) is 0 Å². The van der Waals surface area contributed by atoms with E-state index in [0.29, 0.717) is 24.3 Å². The maximum atomic E-state index is 13.1. The van der Waals surface area contributed by atoms with Gasteiger partial charge in [-0.3, -0.25) is 9.97 Å². The first-order valence-electron chi connectivity index (χ1n) is 12.0.